The molecule has 1 aromatic heterocycles. The maximum Gasteiger partial charge on any atom is 0.258 e. The van der Waals surface area contributed by atoms with Crippen LogP contribution in [0.15, 0.2) is 36.5 Å². The van der Waals surface area contributed by atoms with E-state index in [0.29, 0.717) is 18.1 Å². The highest BCUT2D eigenvalue weighted by molar-refractivity contribution is 6.34. The fourth-order valence-corrected chi connectivity index (χ4v) is 2.80. The van der Waals surface area contributed by atoms with Gasteiger partial charge in [0.1, 0.15) is 5.56 Å². The molecule has 3 N–H and O–H groups in total. The molecule has 2 aromatic rings. The number of aliphatic hydroxyl groups is 1. The van der Waals surface area contributed by atoms with Crippen molar-refractivity contribution < 1.29 is 19.4 Å². The molecule has 0 radical (unpaired) electrons. The third-order valence-corrected chi connectivity index (χ3v) is 4.60. The molecule has 2 amide bonds. The molecule has 7 nitrogen and oxygen atoms in total. The SMILES string of the molecule is O=C(NCCO)c1cccc(CNC(=O)c2c(Cl)ccnc2OCC2CC2)c1. The summed E-state index contributed by atoms with van der Waals surface area (Å²) < 4.78 is 5.67. The van der Waals surface area contributed by atoms with Gasteiger partial charge in [-0.3, -0.25) is 9.59 Å². The molecule has 0 unspecified atom stereocenters. The van der Waals surface area contributed by atoms with Crippen molar-refractivity contribution in [3.8, 4) is 5.88 Å². The lowest BCUT2D eigenvalue weighted by atomic mass is 10.1. The van der Waals surface area contributed by atoms with E-state index in [0.717, 1.165) is 18.4 Å². The van der Waals surface area contributed by atoms with E-state index in [2.05, 4.69) is 15.6 Å². The van der Waals surface area contributed by atoms with Crippen LogP contribution in [-0.4, -0.2) is 41.7 Å². The van der Waals surface area contributed by atoms with E-state index in [9.17, 15) is 9.59 Å². The third kappa shape index (κ3) is 5.43. The van der Waals surface area contributed by atoms with E-state index in [1.807, 2.05) is 0 Å². The number of benzene rings is 1. The first-order valence-electron chi connectivity index (χ1n) is 9.12. The molecule has 0 spiro atoms. The lowest BCUT2D eigenvalue weighted by molar-refractivity contribution is 0.0939. The van der Waals surface area contributed by atoms with Crippen LogP contribution in [0.1, 0.15) is 39.1 Å². The summed E-state index contributed by atoms with van der Waals surface area (Å²) in [4.78, 5) is 28.8. The minimum Gasteiger partial charge on any atom is -0.477 e. The molecule has 148 valence electrons. The van der Waals surface area contributed by atoms with Gasteiger partial charge in [-0.15, -0.1) is 0 Å². The van der Waals surface area contributed by atoms with Gasteiger partial charge in [-0.05, 0) is 42.5 Å². The number of rotatable bonds is 9. The number of ether oxygens (including phenoxy) is 1. The minimum absolute atomic E-state index is 0.126. The van der Waals surface area contributed by atoms with Crippen LogP contribution < -0.4 is 15.4 Å². The Morgan fingerprint density at radius 3 is 2.79 bits per heavy atom. The number of carbonyl (C=O) groups is 2. The highest BCUT2D eigenvalue weighted by Gasteiger charge is 2.24. The number of aromatic nitrogens is 1. The Balaban J connectivity index is 1.65. The van der Waals surface area contributed by atoms with Gasteiger partial charge in [0, 0.05) is 24.8 Å². The van der Waals surface area contributed by atoms with Gasteiger partial charge in [0.15, 0.2) is 0 Å². The summed E-state index contributed by atoms with van der Waals surface area (Å²) in [5, 5.41) is 14.5. The van der Waals surface area contributed by atoms with Crippen LogP contribution in [0.2, 0.25) is 5.02 Å². The first-order chi connectivity index (χ1) is 13.6. The summed E-state index contributed by atoms with van der Waals surface area (Å²) in [6, 6.07) is 8.43. The van der Waals surface area contributed by atoms with Crippen molar-refractivity contribution in [1.82, 2.24) is 15.6 Å². The Labute approximate surface area is 168 Å². The van der Waals surface area contributed by atoms with E-state index in [1.165, 1.54) is 6.20 Å². The van der Waals surface area contributed by atoms with Gasteiger partial charge in [0.05, 0.1) is 18.2 Å². The standard InChI is InChI=1S/C20H22ClN3O4/c21-16-6-7-23-20(28-12-13-4-5-13)17(16)19(27)24-11-14-2-1-3-15(10-14)18(26)22-8-9-25/h1-3,6-7,10,13,25H,4-5,8-9,11-12H2,(H,22,26)(H,24,27). The van der Waals surface area contributed by atoms with Crippen LogP contribution >= 0.6 is 11.6 Å². The zero-order valence-corrected chi connectivity index (χ0v) is 16.0. The summed E-state index contributed by atoms with van der Waals surface area (Å²) in [5.41, 5.74) is 1.42. The number of carbonyl (C=O) groups excluding carboxylic acids is 2. The van der Waals surface area contributed by atoms with Crippen molar-refractivity contribution in [2.45, 2.75) is 19.4 Å². The number of hydrogen-bond acceptors (Lipinski definition) is 5. The van der Waals surface area contributed by atoms with Crippen molar-refractivity contribution in [1.29, 1.82) is 0 Å². The summed E-state index contributed by atoms with van der Waals surface area (Å²) in [5.74, 6) is 0.0813. The third-order valence-electron chi connectivity index (χ3n) is 4.28. The van der Waals surface area contributed by atoms with E-state index in [4.69, 9.17) is 21.4 Å². The molecule has 0 atom stereocenters. The van der Waals surface area contributed by atoms with Crippen LogP contribution in [0.4, 0.5) is 0 Å². The van der Waals surface area contributed by atoms with Crippen LogP contribution in [0, 0.1) is 5.92 Å². The van der Waals surface area contributed by atoms with E-state index in [-0.39, 0.29) is 48.0 Å². The Hall–Kier alpha value is -2.64. The molecule has 8 heteroatoms. The molecule has 1 aliphatic rings. The quantitative estimate of drug-likeness (QED) is 0.595. The normalized spacial score (nSPS) is 13.1. The van der Waals surface area contributed by atoms with Crippen molar-refractivity contribution >= 4 is 23.4 Å². The fraction of sp³-hybridized carbons (Fsp3) is 0.350. The molecule has 0 bridgehead atoms. The Bertz CT molecular complexity index is 855. The summed E-state index contributed by atoms with van der Waals surface area (Å²) >= 11 is 6.20. The van der Waals surface area contributed by atoms with E-state index < -0.39 is 0 Å². The van der Waals surface area contributed by atoms with Crippen LogP contribution in [0.3, 0.4) is 0 Å². The van der Waals surface area contributed by atoms with Crippen molar-refractivity contribution in [3.05, 3.63) is 58.2 Å². The zero-order chi connectivity index (χ0) is 19.9. The average molecular weight is 404 g/mol. The smallest absolute Gasteiger partial charge is 0.258 e. The number of amides is 2. The molecule has 28 heavy (non-hydrogen) atoms. The van der Waals surface area contributed by atoms with Crippen molar-refractivity contribution in [3.63, 3.8) is 0 Å². The number of hydrogen-bond donors (Lipinski definition) is 3. The monoisotopic (exact) mass is 403 g/mol. The molecule has 3 rings (SSSR count). The molecule has 1 heterocycles. The summed E-state index contributed by atoms with van der Waals surface area (Å²) in [7, 11) is 0. The number of pyridine rings is 1. The molecule has 0 saturated heterocycles. The highest BCUT2D eigenvalue weighted by atomic mass is 35.5. The Morgan fingerprint density at radius 1 is 1.21 bits per heavy atom. The second-order valence-electron chi connectivity index (χ2n) is 6.59. The number of nitrogens with zero attached hydrogens (tertiary/aromatic N) is 1. The highest BCUT2D eigenvalue weighted by Crippen LogP contribution is 2.31. The lowest BCUT2D eigenvalue weighted by Crippen LogP contribution is -2.27. The number of nitrogens with one attached hydrogen (secondary N) is 2. The Morgan fingerprint density at radius 2 is 2.04 bits per heavy atom. The van der Waals surface area contributed by atoms with Gasteiger partial charge in [-0.2, -0.15) is 0 Å². The maximum atomic E-state index is 12.7. The van der Waals surface area contributed by atoms with Gasteiger partial charge < -0.3 is 20.5 Å². The maximum absolute atomic E-state index is 12.7. The van der Waals surface area contributed by atoms with Gasteiger partial charge in [0.2, 0.25) is 5.88 Å². The van der Waals surface area contributed by atoms with Crippen LogP contribution in [-0.2, 0) is 6.54 Å². The minimum atomic E-state index is -0.390. The first-order valence-corrected chi connectivity index (χ1v) is 9.49. The predicted octanol–water partition coefficient (Wildman–Crippen LogP) is 2.18. The molecular weight excluding hydrogens is 382 g/mol. The molecule has 1 aromatic carbocycles. The van der Waals surface area contributed by atoms with Gasteiger partial charge in [-0.1, -0.05) is 23.7 Å². The van der Waals surface area contributed by atoms with Crippen molar-refractivity contribution in [2.75, 3.05) is 19.8 Å². The van der Waals surface area contributed by atoms with Crippen molar-refractivity contribution in [2.24, 2.45) is 5.92 Å². The summed E-state index contributed by atoms with van der Waals surface area (Å²) in [6.07, 6.45) is 3.77. The number of halogens is 1. The molecular formula is C20H22ClN3O4. The predicted molar refractivity (Wildman–Crippen MR) is 104 cm³/mol. The molecule has 1 aliphatic carbocycles. The van der Waals surface area contributed by atoms with Gasteiger partial charge >= 0.3 is 0 Å². The fourth-order valence-electron chi connectivity index (χ4n) is 2.58. The first kappa shape index (κ1) is 20.1. The topological polar surface area (TPSA) is 101 Å². The van der Waals surface area contributed by atoms with Gasteiger partial charge in [-0.25, -0.2) is 4.98 Å². The van der Waals surface area contributed by atoms with E-state index >= 15 is 0 Å². The average Bonchev–Trinajstić information content (AvgIpc) is 3.53. The largest absolute Gasteiger partial charge is 0.477 e. The lowest BCUT2D eigenvalue weighted by Gasteiger charge is -2.12. The van der Waals surface area contributed by atoms with Crippen LogP contribution in [0.25, 0.3) is 0 Å². The van der Waals surface area contributed by atoms with Gasteiger partial charge in [0.25, 0.3) is 11.8 Å². The Kier molecular flexibility index (Phi) is 6.84. The molecule has 0 aliphatic heterocycles. The second-order valence-corrected chi connectivity index (χ2v) is 7.00. The second kappa shape index (κ2) is 9.52. The molecule has 1 fully saturated rings. The van der Waals surface area contributed by atoms with Crippen LogP contribution in [0.5, 0.6) is 5.88 Å². The summed E-state index contributed by atoms with van der Waals surface area (Å²) in [6.45, 7) is 0.799. The van der Waals surface area contributed by atoms with E-state index in [1.54, 1.807) is 30.3 Å². The zero-order valence-electron chi connectivity index (χ0n) is 15.3. The molecule has 1 saturated carbocycles. The number of aliphatic hydroxyl groups excluding tert-OH is 1.